The number of aromatic nitrogens is 2. The largest absolute Gasteiger partial charge is 0.323 e. The van der Waals surface area contributed by atoms with E-state index in [0.29, 0.717) is 22.3 Å². The third-order valence-corrected chi connectivity index (χ3v) is 3.25. The van der Waals surface area contributed by atoms with Gasteiger partial charge in [-0.15, -0.1) is 0 Å². The van der Waals surface area contributed by atoms with Gasteiger partial charge in [-0.2, -0.15) is 5.10 Å². The fourth-order valence-corrected chi connectivity index (χ4v) is 2.16. The highest BCUT2D eigenvalue weighted by molar-refractivity contribution is 6.36. The van der Waals surface area contributed by atoms with Gasteiger partial charge in [0, 0.05) is 30.9 Å². The molecule has 0 bridgehead atoms. The summed E-state index contributed by atoms with van der Waals surface area (Å²) >= 11 is 11.8. The van der Waals surface area contributed by atoms with Crippen LogP contribution in [0.1, 0.15) is 5.56 Å². The van der Waals surface area contributed by atoms with E-state index in [1.165, 1.54) is 0 Å². The number of halogens is 2. The van der Waals surface area contributed by atoms with Crippen molar-refractivity contribution in [2.24, 2.45) is 7.05 Å². The summed E-state index contributed by atoms with van der Waals surface area (Å²) in [6.07, 6.45) is 3.58. The van der Waals surface area contributed by atoms with E-state index in [4.69, 9.17) is 23.2 Å². The molecule has 1 heterocycles. The first-order valence-corrected chi connectivity index (χ1v) is 6.66. The van der Waals surface area contributed by atoms with Crippen molar-refractivity contribution in [3.05, 3.63) is 46.2 Å². The summed E-state index contributed by atoms with van der Waals surface area (Å²) in [5, 5.41) is 7.72. The van der Waals surface area contributed by atoms with Gasteiger partial charge in [-0.25, -0.2) is 4.79 Å². The molecule has 1 aromatic carbocycles. The molecule has 2 amide bonds. The Bertz CT molecular complexity index is 627. The second-order valence-electron chi connectivity index (χ2n) is 4.43. The van der Waals surface area contributed by atoms with Crippen LogP contribution < -0.4 is 5.32 Å². The summed E-state index contributed by atoms with van der Waals surface area (Å²) in [7, 11) is 3.53. The molecule has 0 saturated heterocycles. The van der Waals surface area contributed by atoms with Gasteiger partial charge in [-0.1, -0.05) is 23.2 Å². The number of nitrogens with one attached hydrogen (secondary N) is 1. The minimum absolute atomic E-state index is 0.252. The SMILES string of the molecule is CN(Cc1cnn(C)c1)C(=O)Nc1ccc(Cl)cc1Cl. The number of rotatable bonds is 3. The van der Waals surface area contributed by atoms with Crippen molar-refractivity contribution in [1.82, 2.24) is 14.7 Å². The van der Waals surface area contributed by atoms with E-state index in [1.807, 2.05) is 13.2 Å². The van der Waals surface area contributed by atoms with Crippen molar-refractivity contribution < 1.29 is 4.79 Å². The standard InChI is InChI=1S/C13H14Cl2N4O/c1-18(7-9-6-16-19(2)8-9)13(20)17-12-4-3-10(14)5-11(12)15/h3-6,8H,7H2,1-2H3,(H,17,20). The highest BCUT2D eigenvalue weighted by Crippen LogP contribution is 2.25. The van der Waals surface area contributed by atoms with Gasteiger partial charge in [0.05, 0.1) is 23.5 Å². The summed E-state index contributed by atoms with van der Waals surface area (Å²) in [6, 6.07) is 4.67. The topological polar surface area (TPSA) is 50.2 Å². The Morgan fingerprint density at radius 2 is 2.20 bits per heavy atom. The fourth-order valence-electron chi connectivity index (χ4n) is 1.70. The van der Waals surface area contributed by atoms with E-state index in [2.05, 4.69) is 10.4 Å². The van der Waals surface area contributed by atoms with E-state index in [-0.39, 0.29) is 6.03 Å². The van der Waals surface area contributed by atoms with Crippen molar-refractivity contribution >= 4 is 34.9 Å². The van der Waals surface area contributed by atoms with Crippen molar-refractivity contribution in [3.63, 3.8) is 0 Å². The van der Waals surface area contributed by atoms with Crippen LogP contribution in [0.25, 0.3) is 0 Å². The Morgan fingerprint density at radius 1 is 1.45 bits per heavy atom. The molecule has 0 spiro atoms. The normalized spacial score (nSPS) is 10.4. The van der Waals surface area contributed by atoms with Crippen LogP contribution in [0, 0.1) is 0 Å². The zero-order valence-electron chi connectivity index (χ0n) is 11.1. The zero-order chi connectivity index (χ0) is 14.7. The van der Waals surface area contributed by atoms with Crippen molar-refractivity contribution in [2.75, 3.05) is 12.4 Å². The molecule has 0 unspecified atom stereocenters. The van der Waals surface area contributed by atoms with Gasteiger partial charge in [-0.3, -0.25) is 4.68 Å². The Hall–Kier alpha value is -1.72. The Labute approximate surface area is 127 Å². The smallest absolute Gasteiger partial charge is 0.321 e. The van der Waals surface area contributed by atoms with Crippen LogP contribution in [-0.2, 0) is 13.6 Å². The molecule has 0 aliphatic carbocycles. The van der Waals surface area contributed by atoms with Crippen molar-refractivity contribution in [3.8, 4) is 0 Å². The lowest BCUT2D eigenvalue weighted by molar-refractivity contribution is 0.220. The van der Waals surface area contributed by atoms with Crippen LogP contribution in [0.4, 0.5) is 10.5 Å². The molecule has 7 heteroatoms. The van der Waals surface area contributed by atoms with Crippen LogP contribution in [-0.4, -0.2) is 27.8 Å². The average molecular weight is 313 g/mol. The minimum atomic E-state index is -0.252. The number of hydrogen-bond acceptors (Lipinski definition) is 2. The lowest BCUT2D eigenvalue weighted by Crippen LogP contribution is -2.30. The van der Waals surface area contributed by atoms with Gasteiger partial charge in [0.1, 0.15) is 0 Å². The predicted octanol–water partition coefficient (Wildman–Crippen LogP) is 3.39. The van der Waals surface area contributed by atoms with E-state index in [1.54, 1.807) is 41.0 Å². The van der Waals surface area contributed by atoms with Crippen LogP contribution in [0.15, 0.2) is 30.6 Å². The molecular weight excluding hydrogens is 299 g/mol. The Kier molecular flexibility index (Phi) is 4.52. The summed E-state index contributed by atoms with van der Waals surface area (Å²) in [6.45, 7) is 0.463. The van der Waals surface area contributed by atoms with Crippen LogP contribution in [0.2, 0.25) is 10.0 Å². The number of anilines is 1. The molecule has 20 heavy (non-hydrogen) atoms. The van der Waals surface area contributed by atoms with Gasteiger partial charge in [0.25, 0.3) is 0 Å². The average Bonchev–Trinajstić information content (AvgIpc) is 2.78. The number of amides is 2. The predicted molar refractivity (Wildman–Crippen MR) is 80.2 cm³/mol. The maximum atomic E-state index is 12.1. The van der Waals surface area contributed by atoms with E-state index < -0.39 is 0 Å². The zero-order valence-corrected chi connectivity index (χ0v) is 12.6. The first-order chi connectivity index (χ1) is 9.45. The number of carbonyl (C=O) groups excluding carboxylic acids is 1. The summed E-state index contributed by atoms with van der Waals surface area (Å²) in [5.41, 5.74) is 1.48. The summed E-state index contributed by atoms with van der Waals surface area (Å²) < 4.78 is 1.69. The molecule has 0 fully saturated rings. The molecule has 2 aromatic rings. The molecule has 5 nitrogen and oxygen atoms in total. The molecule has 1 N–H and O–H groups in total. The number of hydrogen-bond donors (Lipinski definition) is 1. The Morgan fingerprint density at radius 3 is 2.80 bits per heavy atom. The van der Waals surface area contributed by atoms with Crippen LogP contribution >= 0.6 is 23.2 Å². The number of nitrogens with zero attached hydrogens (tertiary/aromatic N) is 3. The summed E-state index contributed by atoms with van der Waals surface area (Å²) in [5.74, 6) is 0. The monoisotopic (exact) mass is 312 g/mol. The lowest BCUT2D eigenvalue weighted by atomic mass is 10.3. The second-order valence-corrected chi connectivity index (χ2v) is 5.28. The third-order valence-electron chi connectivity index (χ3n) is 2.70. The van der Waals surface area contributed by atoms with Crippen LogP contribution in [0.3, 0.4) is 0 Å². The molecule has 0 atom stereocenters. The highest BCUT2D eigenvalue weighted by Gasteiger charge is 2.12. The third kappa shape index (κ3) is 3.65. The first kappa shape index (κ1) is 14.7. The molecule has 1 aromatic heterocycles. The van der Waals surface area contributed by atoms with Crippen molar-refractivity contribution in [1.29, 1.82) is 0 Å². The van der Waals surface area contributed by atoms with E-state index in [9.17, 15) is 4.79 Å². The quantitative estimate of drug-likeness (QED) is 0.944. The first-order valence-electron chi connectivity index (χ1n) is 5.90. The number of urea groups is 1. The van der Waals surface area contributed by atoms with E-state index >= 15 is 0 Å². The summed E-state index contributed by atoms with van der Waals surface area (Å²) in [4.78, 5) is 13.6. The minimum Gasteiger partial charge on any atom is -0.323 e. The van der Waals surface area contributed by atoms with Crippen LogP contribution in [0.5, 0.6) is 0 Å². The van der Waals surface area contributed by atoms with Gasteiger partial charge < -0.3 is 10.2 Å². The van der Waals surface area contributed by atoms with E-state index in [0.717, 1.165) is 5.56 Å². The molecule has 2 rings (SSSR count). The molecule has 0 saturated carbocycles. The number of benzene rings is 1. The molecule has 0 aliphatic rings. The fraction of sp³-hybridized carbons (Fsp3) is 0.231. The Balaban J connectivity index is 2.00. The maximum Gasteiger partial charge on any atom is 0.321 e. The molecule has 106 valence electrons. The van der Waals surface area contributed by atoms with Gasteiger partial charge in [0.2, 0.25) is 0 Å². The highest BCUT2D eigenvalue weighted by atomic mass is 35.5. The number of aryl methyl sites for hydroxylation is 1. The van der Waals surface area contributed by atoms with Crippen molar-refractivity contribution in [2.45, 2.75) is 6.54 Å². The molecule has 0 radical (unpaired) electrons. The maximum absolute atomic E-state index is 12.1. The lowest BCUT2D eigenvalue weighted by Gasteiger charge is -2.17. The molecular formula is C13H14Cl2N4O. The second kappa shape index (κ2) is 6.15. The molecule has 0 aliphatic heterocycles. The van der Waals surface area contributed by atoms with Gasteiger partial charge in [0.15, 0.2) is 0 Å². The van der Waals surface area contributed by atoms with Gasteiger partial charge in [-0.05, 0) is 18.2 Å². The number of carbonyl (C=O) groups is 1. The van der Waals surface area contributed by atoms with Gasteiger partial charge >= 0.3 is 6.03 Å².